The summed E-state index contributed by atoms with van der Waals surface area (Å²) in [5.74, 6) is 0.989. The third-order valence-corrected chi connectivity index (χ3v) is 4.39. The van der Waals surface area contributed by atoms with E-state index in [0.29, 0.717) is 6.04 Å². The third kappa shape index (κ3) is 2.78. The minimum absolute atomic E-state index is 0.624. The van der Waals surface area contributed by atoms with E-state index in [1.165, 1.54) is 19.4 Å². The number of likely N-dealkylation sites (tertiary alicyclic amines) is 1. The number of nitrogens with two attached hydrogens (primary N) is 1. The lowest BCUT2D eigenvalue weighted by Crippen LogP contribution is -2.39. The van der Waals surface area contributed by atoms with Crippen LogP contribution in [-0.4, -0.2) is 47.6 Å². The Morgan fingerprint density at radius 3 is 3.05 bits per heavy atom. The topological polar surface area (TPSA) is 58.3 Å². The number of aromatic nitrogens is 2. The van der Waals surface area contributed by atoms with E-state index in [4.69, 9.17) is 5.73 Å². The number of rotatable bonds is 4. The summed E-state index contributed by atoms with van der Waals surface area (Å²) >= 11 is 0. The van der Waals surface area contributed by atoms with Crippen molar-refractivity contribution in [1.82, 2.24) is 14.9 Å². The number of likely N-dealkylation sites (N-methyl/N-ethyl adjacent to an activating group) is 2. The molecule has 2 heterocycles. The largest absolute Gasteiger partial charge is 0.399 e. The third-order valence-electron chi connectivity index (χ3n) is 4.39. The minimum Gasteiger partial charge on any atom is -0.399 e. The first-order chi connectivity index (χ1) is 10.2. The number of fused-ring (bicyclic) bond motifs is 1. The average molecular weight is 285 g/mol. The van der Waals surface area contributed by atoms with Gasteiger partial charge in [0.05, 0.1) is 5.52 Å². The lowest BCUT2D eigenvalue weighted by Gasteiger charge is -2.28. The maximum absolute atomic E-state index is 5.84. The van der Waals surface area contributed by atoms with Crippen LogP contribution in [0.1, 0.15) is 19.8 Å². The van der Waals surface area contributed by atoms with Crippen molar-refractivity contribution in [2.75, 3.05) is 37.3 Å². The summed E-state index contributed by atoms with van der Waals surface area (Å²) in [6.45, 7) is 5.58. The molecule has 1 aromatic carbocycles. The number of anilines is 2. The molecule has 1 aliphatic rings. The van der Waals surface area contributed by atoms with Crippen LogP contribution in [-0.2, 0) is 0 Å². The van der Waals surface area contributed by atoms with Crippen molar-refractivity contribution in [2.24, 2.45) is 0 Å². The van der Waals surface area contributed by atoms with Crippen LogP contribution >= 0.6 is 0 Å². The van der Waals surface area contributed by atoms with Gasteiger partial charge in [0, 0.05) is 30.7 Å². The molecule has 0 aliphatic carbocycles. The molecule has 1 unspecified atom stereocenters. The van der Waals surface area contributed by atoms with Crippen LogP contribution in [0.15, 0.2) is 24.5 Å². The van der Waals surface area contributed by atoms with Gasteiger partial charge in [-0.15, -0.1) is 0 Å². The van der Waals surface area contributed by atoms with E-state index in [2.05, 4.69) is 33.7 Å². The molecule has 1 aromatic heterocycles. The molecular weight excluding hydrogens is 262 g/mol. The molecule has 3 rings (SSSR count). The van der Waals surface area contributed by atoms with Crippen LogP contribution in [0.25, 0.3) is 10.9 Å². The summed E-state index contributed by atoms with van der Waals surface area (Å²) in [6.07, 6.45) is 4.20. The highest BCUT2D eigenvalue weighted by atomic mass is 15.2. The van der Waals surface area contributed by atoms with E-state index in [1.807, 2.05) is 18.2 Å². The first kappa shape index (κ1) is 14.1. The first-order valence-electron chi connectivity index (χ1n) is 7.64. The average Bonchev–Trinajstić information content (AvgIpc) is 2.93. The van der Waals surface area contributed by atoms with Crippen molar-refractivity contribution in [1.29, 1.82) is 0 Å². The van der Waals surface area contributed by atoms with E-state index in [0.717, 1.165) is 35.5 Å². The Balaban J connectivity index is 1.86. The summed E-state index contributed by atoms with van der Waals surface area (Å²) < 4.78 is 0. The summed E-state index contributed by atoms with van der Waals surface area (Å²) in [5.41, 5.74) is 7.48. The van der Waals surface area contributed by atoms with Crippen molar-refractivity contribution < 1.29 is 0 Å². The molecule has 5 nitrogen and oxygen atoms in total. The maximum atomic E-state index is 5.84. The Morgan fingerprint density at radius 2 is 2.24 bits per heavy atom. The first-order valence-corrected chi connectivity index (χ1v) is 7.64. The standard InChI is InChI=1S/C16H23N5/c1-3-21-8-4-5-13(21)10-20(2)16-14-7-6-12(17)9-15(14)18-11-19-16/h6-7,9,11,13H,3-5,8,10,17H2,1-2H3. The van der Waals surface area contributed by atoms with E-state index in [9.17, 15) is 0 Å². The highest BCUT2D eigenvalue weighted by Crippen LogP contribution is 2.25. The van der Waals surface area contributed by atoms with E-state index in [1.54, 1.807) is 6.33 Å². The van der Waals surface area contributed by atoms with Crippen LogP contribution in [0, 0.1) is 0 Å². The predicted molar refractivity (Wildman–Crippen MR) is 87.5 cm³/mol. The van der Waals surface area contributed by atoms with Gasteiger partial charge in [-0.05, 0) is 44.1 Å². The predicted octanol–water partition coefficient (Wildman–Crippen LogP) is 2.13. The number of nitrogens with zero attached hydrogens (tertiary/aromatic N) is 4. The SMILES string of the molecule is CCN1CCCC1CN(C)c1ncnc2cc(N)ccc12. The second kappa shape index (κ2) is 5.85. The van der Waals surface area contributed by atoms with Gasteiger partial charge in [-0.2, -0.15) is 0 Å². The summed E-state index contributed by atoms with van der Waals surface area (Å²) in [4.78, 5) is 13.6. The fourth-order valence-corrected chi connectivity index (χ4v) is 3.28. The fraction of sp³-hybridized carbons (Fsp3) is 0.500. The van der Waals surface area contributed by atoms with Crippen LogP contribution in [0.4, 0.5) is 11.5 Å². The normalized spacial score (nSPS) is 19.2. The van der Waals surface area contributed by atoms with Crippen molar-refractivity contribution in [3.63, 3.8) is 0 Å². The monoisotopic (exact) mass is 285 g/mol. The van der Waals surface area contributed by atoms with E-state index in [-0.39, 0.29) is 0 Å². The number of hydrogen-bond donors (Lipinski definition) is 1. The Morgan fingerprint density at radius 1 is 1.38 bits per heavy atom. The summed E-state index contributed by atoms with van der Waals surface area (Å²) in [5, 5.41) is 1.07. The van der Waals surface area contributed by atoms with Crippen LogP contribution in [0.3, 0.4) is 0 Å². The van der Waals surface area contributed by atoms with Crippen LogP contribution < -0.4 is 10.6 Å². The summed E-state index contributed by atoms with van der Waals surface area (Å²) in [6, 6.07) is 6.46. The molecule has 0 bridgehead atoms. The van der Waals surface area contributed by atoms with Gasteiger partial charge in [0.25, 0.3) is 0 Å². The zero-order valence-corrected chi connectivity index (χ0v) is 12.8. The molecule has 1 saturated heterocycles. The Hall–Kier alpha value is -1.88. The van der Waals surface area contributed by atoms with E-state index >= 15 is 0 Å². The number of hydrogen-bond acceptors (Lipinski definition) is 5. The Bertz CT molecular complexity index is 627. The Kier molecular flexibility index (Phi) is 3.92. The molecular formula is C16H23N5. The number of benzene rings is 1. The Labute approximate surface area is 125 Å². The molecule has 0 saturated carbocycles. The molecule has 2 aromatic rings. The molecule has 1 aliphatic heterocycles. The quantitative estimate of drug-likeness (QED) is 0.872. The van der Waals surface area contributed by atoms with Gasteiger partial charge < -0.3 is 10.6 Å². The molecule has 0 amide bonds. The van der Waals surface area contributed by atoms with Crippen molar-refractivity contribution in [2.45, 2.75) is 25.8 Å². The van der Waals surface area contributed by atoms with Crippen molar-refractivity contribution >= 4 is 22.4 Å². The van der Waals surface area contributed by atoms with Crippen LogP contribution in [0.2, 0.25) is 0 Å². The van der Waals surface area contributed by atoms with Crippen molar-refractivity contribution in [3.05, 3.63) is 24.5 Å². The van der Waals surface area contributed by atoms with Crippen molar-refractivity contribution in [3.8, 4) is 0 Å². The van der Waals surface area contributed by atoms with Gasteiger partial charge in [-0.25, -0.2) is 9.97 Å². The molecule has 21 heavy (non-hydrogen) atoms. The van der Waals surface area contributed by atoms with Gasteiger partial charge in [0.15, 0.2) is 0 Å². The highest BCUT2D eigenvalue weighted by Gasteiger charge is 2.24. The summed E-state index contributed by atoms with van der Waals surface area (Å²) in [7, 11) is 2.12. The lowest BCUT2D eigenvalue weighted by molar-refractivity contribution is 0.270. The van der Waals surface area contributed by atoms with Gasteiger partial charge >= 0.3 is 0 Å². The lowest BCUT2D eigenvalue weighted by atomic mass is 10.1. The van der Waals surface area contributed by atoms with Crippen LogP contribution in [0.5, 0.6) is 0 Å². The maximum Gasteiger partial charge on any atom is 0.139 e. The smallest absolute Gasteiger partial charge is 0.139 e. The molecule has 0 spiro atoms. The van der Waals surface area contributed by atoms with E-state index < -0.39 is 0 Å². The highest BCUT2D eigenvalue weighted by molar-refractivity contribution is 5.91. The second-order valence-corrected chi connectivity index (χ2v) is 5.78. The number of nitrogen functional groups attached to an aromatic ring is 1. The zero-order valence-electron chi connectivity index (χ0n) is 12.8. The minimum atomic E-state index is 0.624. The molecule has 1 atom stereocenters. The second-order valence-electron chi connectivity index (χ2n) is 5.78. The fourth-order valence-electron chi connectivity index (χ4n) is 3.28. The zero-order chi connectivity index (χ0) is 14.8. The molecule has 0 radical (unpaired) electrons. The molecule has 2 N–H and O–H groups in total. The van der Waals surface area contributed by atoms with Gasteiger partial charge in [-0.3, -0.25) is 4.90 Å². The van der Waals surface area contributed by atoms with Gasteiger partial charge in [-0.1, -0.05) is 6.92 Å². The molecule has 112 valence electrons. The molecule has 1 fully saturated rings. The van der Waals surface area contributed by atoms with Gasteiger partial charge in [0.1, 0.15) is 12.1 Å². The van der Waals surface area contributed by atoms with Gasteiger partial charge in [0.2, 0.25) is 0 Å². The molecule has 5 heteroatoms.